The fourth-order valence-electron chi connectivity index (χ4n) is 3.66. The topological polar surface area (TPSA) is 89.9 Å². The number of aromatic nitrogens is 5. The van der Waals surface area contributed by atoms with Crippen LogP contribution in [0.4, 0.5) is 0 Å². The lowest BCUT2D eigenvalue weighted by Crippen LogP contribution is -2.29. The number of rotatable bonds is 4. The van der Waals surface area contributed by atoms with Crippen LogP contribution in [0.1, 0.15) is 34.1 Å². The number of carbonyl (C=O) groups excluding carboxylic acids is 1. The molecule has 0 saturated carbocycles. The Morgan fingerprint density at radius 1 is 1.30 bits per heavy atom. The number of aryl methyl sites for hydroxylation is 3. The molecule has 4 rings (SSSR count). The molecule has 0 spiro atoms. The molecule has 1 fully saturated rings. The summed E-state index contributed by atoms with van der Waals surface area (Å²) in [5, 5.41) is 4.00. The smallest absolute Gasteiger partial charge is 0.274 e. The third-order valence-corrected chi connectivity index (χ3v) is 5.01. The molecule has 1 aliphatic rings. The van der Waals surface area contributed by atoms with Gasteiger partial charge in [0.25, 0.3) is 5.91 Å². The highest BCUT2D eigenvalue weighted by atomic mass is 16.5. The first kappa shape index (κ1) is 17.4. The number of hydrogen-bond acceptors (Lipinski definition) is 6. The average molecular weight is 366 g/mol. The summed E-state index contributed by atoms with van der Waals surface area (Å²) in [6, 6.07) is 2.00. The maximum absolute atomic E-state index is 12.5. The minimum atomic E-state index is -0.00259. The van der Waals surface area contributed by atoms with Gasteiger partial charge in [0.1, 0.15) is 17.8 Å². The van der Waals surface area contributed by atoms with Gasteiger partial charge in [0, 0.05) is 32.0 Å². The van der Waals surface area contributed by atoms with Crippen molar-refractivity contribution >= 4 is 5.91 Å². The van der Waals surface area contributed by atoms with Gasteiger partial charge in [-0.15, -0.1) is 0 Å². The lowest BCUT2D eigenvalue weighted by atomic mass is 10.0. The summed E-state index contributed by atoms with van der Waals surface area (Å²) >= 11 is 0. The minimum Gasteiger partial charge on any atom is -0.361 e. The molecule has 1 saturated heterocycles. The maximum Gasteiger partial charge on any atom is 0.274 e. The number of imidazole rings is 1. The molecule has 1 atom stereocenters. The van der Waals surface area contributed by atoms with E-state index in [1.165, 1.54) is 0 Å². The first-order chi connectivity index (χ1) is 13.0. The molecule has 0 bridgehead atoms. The molecule has 1 amide bonds. The normalized spacial score (nSPS) is 16.9. The molecule has 0 aliphatic carbocycles. The first-order valence-electron chi connectivity index (χ1n) is 9.02. The Kier molecular flexibility index (Phi) is 4.47. The lowest BCUT2D eigenvalue weighted by molar-refractivity contribution is 0.0781. The van der Waals surface area contributed by atoms with Gasteiger partial charge in [-0.1, -0.05) is 5.16 Å². The van der Waals surface area contributed by atoms with Gasteiger partial charge in [-0.3, -0.25) is 4.79 Å². The Balaban J connectivity index is 1.45. The van der Waals surface area contributed by atoms with Crippen LogP contribution in [0, 0.1) is 19.8 Å². The number of nitrogens with zero attached hydrogens (tertiary/aromatic N) is 6. The molecule has 140 valence electrons. The molecular formula is C19H22N6O2. The van der Waals surface area contributed by atoms with Crippen molar-refractivity contribution in [1.82, 2.24) is 29.6 Å². The summed E-state index contributed by atoms with van der Waals surface area (Å²) in [6.45, 7) is 5.27. The SMILES string of the molecule is Cc1noc(C)c1-c1cc(CC2CCN(C(=O)c3cn(C)cn3)C2)ncn1. The average Bonchev–Trinajstić information content (AvgIpc) is 3.36. The van der Waals surface area contributed by atoms with Crippen LogP contribution in [0.5, 0.6) is 0 Å². The summed E-state index contributed by atoms with van der Waals surface area (Å²) < 4.78 is 7.03. The van der Waals surface area contributed by atoms with Gasteiger partial charge >= 0.3 is 0 Å². The van der Waals surface area contributed by atoms with Gasteiger partial charge in [-0.2, -0.15) is 0 Å². The molecule has 3 aromatic rings. The Labute approximate surface area is 157 Å². The second-order valence-corrected chi connectivity index (χ2v) is 7.13. The Morgan fingerprint density at radius 3 is 2.85 bits per heavy atom. The molecule has 3 aromatic heterocycles. The van der Waals surface area contributed by atoms with Crippen LogP contribution < -0.4 is 0 Å². The highest BCUT2D eigenvalue weighted by Gasteiger charge is 2.28. The monoisotopic (exact) mass is 366 g/mol. The zero-order valence-electron chi connectivity index (χ0n) is 15.7. The first-order valence-corrected chi connectivity index (χ1v) is 9.02. The third-order valence-electron chi connectivity index (χ3n) is 5.01. The van der Waals surface area contributed by atoms with Crippen molar-refractivity contribution in [3.63, 3.8) is 0 Å². The maximum atomic E-state index is 12.5. The van der Waals surface area contributed by atoms with Crippen LogP contribution in [0.15, 0.2) is 29.4 Å². The van der Waals surface area contributed by atoms with E-state index < -0.39 is 0 Å². The summed E-state index contributed by atoms with van der Waals surface area (Å²) in [6.07, 6.45) is 6.77. The van der Waals surface area contributed by atoms with Crippen molar-refractivity contribution < 1.29 is 9.32 Å². The van der Waals surface area contributed by atoms with E-state index in [1.54, 1.807) is 23.4 Å². The molecule has 8 nitrogen and oxygen atoms in total. The highest BCUT2D eigenvalue weighted by Crippen LogP contribution is 2.27. The van der Waals surface area contributed by atoms with Crippen LogP contribution in [-0.4, -0.2) is 48.6 Å². The molecule has 0 N–H and O–H groups in total. The minimum absolute atomic E-state index is 0.00259. The van der Waals surface area contributed by atoms with Crippen molar-refractivity contribution in [3.05, 3.63) is 47.8 Å². The fourth-order valence-corrected chi connectivity index (χ4v) is 3.66. The van der Waals surface area contributed by atoms with E-state index in [9.17, 15) is 4.79 Å². The molecule has 1 unspecified atom stereocenters. The van der Waals surface area contributed by atoms with Crippen molar-refractivity contribution in [2.75, 3.05) is 13.1 Å². The standard InChI is InChI=1S/C19H22N6O2/c1-12-18(13(2)27-23-12)16-7-15(20-10-21-16)6-14-4-5-25(8-14)19(26)17-9-24(3)11-22-17/h7,9-11,14H,4-6,8H2,1-3H3. The summed E-state index contributed by atoms with van der Waals surface area (Å²) in [5.41, 5.74) is 4.05. The fraction of sp³-hybridized carbons (Fsp3) is 0.421. The lowest BCUT2D eigenvalue weighted by Gasteiger charge is -2.15. The quantitative estimate of drug-likeness (QED) is 0.703. The van der Waals surface area contributed by atoms with Gasteiger partial charge in [0.05, 0.1) is 23.3 Å². The van der Waals surface area contributed by atoms with E-state index in [0.717, 1.165) is 54.3 Å². The zero-order valence-corrected chi connectivity index (χ0v) is 15.7. The van der Waals surface area contributed by atoms with Gasteiger partial charge in [0.2, 0.25) is 0 Å². The summed E-state index contributed by atoms with van der Waals surface area (Å²) in [4.78, 5) is 27.4. The second kappa shape index (κ2) is 6.94. The van der Waals surface area contributed by atoms with E-state index >= 15 is 0 Å². The largest absolute Gasteiger partial charge is 0.361 e. The van der Waals surface area contributed by atoms with Crippen molar-refractivity contribution in [1.29, 1.82) is 0 Å². The molecule has 0 radical (unpaired) electrons. The summed E-state index contributed by atoms with van der Waals surface area (Å²) in [5.74, 6) is 1.13. The van der Waals surface area contributed by atoms with E-state index in [0.29, 0.717) is 11.6 Å². The molecule has 4 heterocycles. The van der Waals surface area contributed by atoms with E-state index in [-0.39, 0.29) is 5.91 Å². The van der Waals surface area contributed by atoms with Gasteiger partial charge in [0.15, 0.2) is 0 Å². The summed E-state index contributed by atoms with van der Waals surface area (Å²) in [7, 11) is 1.86. The molecule has 1 aliphatic heterocycles. The second-order valence-electron chi connectivity index (χ2n) is 7.13. The third kappa shape index (κ3) is 3.47. The van der Waals surface area contributed by atoms with E-state index in [2.05, 4.69) is 20.1 Å². The van der Waals surface area contributed by atoms with Gasteiger partial charge in [-0.05, 0) is 38.7 Å². The van der Waals surface area contributed by atoms with E-state index in [1.807, 2.05) is 31.9 Å². The van der Waals surface area contributed by atoms with Crippen molar-refractivity contribution in [2.45, 2.75) is 26.7 Å². The van der Waals surface area contributed by atoms with Crippen molar-refractivity contribution in [2.24, 2.45) is 13.0 Å². The number of amides is 1. The zero-order chi connectivity index (χ0) is 19.0. The Hall–Kier alpha value is -3.03. The predicted molar refractivity (Wildman–Crippen MR) is 97.9 cm³/mol. The van der Waals surface area contributed by atoms with Crippen LogP contribution in [0.25, 0.3) is 11.3 Å². The van der Waals surface area contributed by atoms with Gasteiger partial charge in [-0.25, -0.2) is 15.0 Å². The van der Waals surface area contributed by atoms with Gasteiger partial charge < -0.3 is 14.0 Å². The Bertz CT molecular complexity index is 957. The number of hydrogen-bond donors (Lipinski definition) is 0. The van der Waals surface area contributed by atoms with Crippen molar-refractivity contribution in [3.8, 4) is 11.3 Å². The Morgan fingerprint density at radius 2 is 2.15 bits per heavy atom. The molecule has 8 heteroatoms. The molecule has 0 aromatic carbocycles. The van der Waals surface area contributed by atoms with Crippen LogP contribution in [-0.2, 0) is 13.5 Å². The predicted octanol–water partition coefficient (Wildman–Crippen LogP) is 2.19. The molecule has 27 heavy (non-hydrogen) atoms. The van der Waals surface area contributed by atoms with Crippen LogP contribution in [0.2, 0.25) is 0 Å². The molecular weight excluding hydrogens is 344 g/mol. The van der Waals surface area contributed by atoms with Crippen LogP contribution in [0.3, 0.4) is 0 Å². The number of carbonyl (C=O) groups is 1. The number of likely N-dealkylation sites (tertiary alicyclic amines) is 1. The highest BCUT2D eigenvalue weighted by molar-refractivity contribution is 5.92. The van der Waals surface area contributed by atoms with E-state index in [4.69, 9.17) is 4.52 Å². The van der Waals surface area contributed by atoms with Crippen LogP contribution >= 0.6 is 0 Å².